The normalized spacial score (nSPS) is 16.5. The summed E-state index contributed by atoms with van der Waals surface area (Å²) in [5, 5.41) is 14.9. The van der Waals surface area contributed by atoms with Crippen LogP contribution in [0.4, 0.5) is 19.3 Å². The van der Waals surface area contributed by atoms with Crippen LogP contribution in [0.5, 0.6) is 0 Å². The third-order valence-electron chi connectivity index (χ3n) is 5.52. The number of hydrogen-bond acceptors (Lipinski definition) is 4. The van der Waals surface area contributed by atoms with Crippen LogP contribution in [-0.4, -0.2) is 40.0 Å². The average molecular weight is 436 g/mol. The second-order valence-corrected chi connectivity index (χ2v) is 7.70. The van der Waals surface area contributed by atoms with Crippen molar-refractivity contribution in [3.63, 3.8) is 0 Å². The molecule has 2 aromatic carbocycles. The number of benzene rings is 2. The summed E-state index contributed by atoms with van der Waals surface area (Å²) in [6, 6.07) is 12.3. The monoisotopic (exact) mass is 436 g/mol. The van der Waals surface area contributed by atoms with E-state index in [-0.39, 0.29) is 12.1 Å². The summed E-state index contributed by atoms with van der Waals surface area (Å²) < 4.78 is 27.7. The Kier molecular flexibility index (Phi) is 6.42. The topological polar surface area (TPSA) is 96.8 Å². The van der Waals surface area contributed by atoms with E-state index in [0.717, 1.165) is 23.4 Å². The molecule has 2 amide bonds. The third-order valence-corrected chi connectivity index (χ3v) is 5.52. The van der Waals surface area contributed by atoms with Crippen molar-refractivity contribution in [3.8, 4) is 6.07 Å². The van der Waals surface area contributed by atoms with Crippen LogP contribution in [-0.2, 0) is 6.42 Å². The second kappa shape index (κ2) is 9.58. The van der Waals surface area contributed by atoms with Crippen LogP contribution < -0.4 is 10.6 Å². The number of aromatic amines is 1. The molecule has 0 aliphatic carbocycles. The van der Waals surface area contributed by atoms with Crippen LogP contribution in [0.25, 0.3) is 0 Å². The van der Waals surface area contributed by atoms with Crippen LogP contribution in [0.3, 0.4) is 0 Å². The van der Waals surface area contributed by atoms with E-state index in [9.17, 15) is 13.6 Å². The minimum atomic E-state index is -0.811. The third kappa shape index (κ3) is 4.92. The van der Waals surface area contributed by atoms with E-state index in [0.29, 0.717) is 31.5 Å². The maximum atomic E-state index is 13.8. The number of urea groups is 1. The van der Waals surface area contributed by atoms with Crippen molar-refractivity contribution in [2.45, 2.75) is 24.9 Å². The van der Waals surface area contributed by atoms with Gasteiger partial charge in [-0.1, -0.05) is 18.2 Å². The highest BCUT2D eigenvalue weighted by atomic mass is 19.1. The van der Waals surface area contributed by atoms with E-state index in [1.54, 1.807) is 24.7 Å². The van der Waals surface area contributed by atoms with Crippen molar-refractivity contribution in [2.24, 2.45) is 0 Å². The zero-order chi connectivity index (χ0) is 22.5. The Morgan fingerprint density at radius 2 is 2.00 bits per heavy atom. The van der Waals surface area contributed by atoms with Gasteiger partial charge in [0.25, 0.3) is 0 Å². The van der Waals surface area contributed by atoms with Gasteiger partial charge < -0.3 is 20.5 Å². The quantitative estimate of drug-likeness (QED) is 0.548. The first-order valence-electron chi connectivity index (χ1n) is 10.3. The van der Waals surface area contributed by atoms with E-state index >= 15 is 0 Å². The Bertz CT molecular complexity index is 1090. The molecule has 32 heavy (non-hydrogen) atoms. The van der Waals surface area contributed by atoms with Crippen molar-refractivity contribution in [1.82, 2.24) is 20.2 Å². The molecular weight excluding hydrogens is 414 g/mol. The number of amides is 2. The van der Waals surface area contributed by atoms with Crippen LogP contribution in [0, 0.1) is 23.0 Å². The number of rotatable bonds is 6. The number of aromatic nitrogens is 2. The number of nitrogens with zero attached hydrogens (tertiary/aromatic N) is 3. The van der Waals surface area contributed by atoms with Crippen molar-refractivity contribution >= 4 is 11.7 Å². The minimum Gasteiger partial charge on any atom is -0.347 e. The summed E-state index contributed by atoms with van der Waals surface area (Å²) in [4.78, 5) is 21.3. The van der Waals surface area contributed by atoms with E-state index in [4.69, 9.17) is 5.26 Å². The lowest BCUT2D eigenvalue weighted by atomic mass is 10.0. The average Bonchev–Trinajstić information content (AvgIpc) is 3.49. The number of H-pyrrole nitrogens is 1. The van der Waals surface area contributed by atoms with Gasteiger partial charge in [0.1, 0.15) is 17.3 Å². The van der Waals surface area contributed by atoms with Gasteiger partial charge >= 0.3 is 6.03 Å². The minimum absolute atomic E-state index is 0.00195. The van der Waals surface area contributed by atoms with Gasteiger partial charge in [-0.25, -0.2) is 18.6 Å². The highest BCUT2D eigenvalue weighted by molar-refractivity contribution is 5.89. The number of likely N-dealkylation sites (tertiary alicyclic amines) is 1. The second-order valence-electron chi connectivity index (χ2n) is 7.70. The van der Waals surface area contributed by atoms with E-state index < -0.39 is 23.4 Å². The first-order valence-corrected chi connectivity index (χ1v) is 10.3. The molecule has 4 rings (SSSR count). The molecule has 1 saturated heterocycles. The lowest BCUT2D eigenvalue weighted by Crippen LogP contribution is -2.39. The van der Waals surface area contributed by atoms with Gasteiger partial charge in [-0.05, 0) is 42.7 Å². The molecule has 2 heterocycles. The summed E-state index contributed by atoms with van der Waals surface area (Å²) in [5.41, 5.74) is 2.12. The Labute approximate surface area is 184 Å². The zero-order valence-corrected chi connectivity index (χ0v) is 17.2. The molecule has 1 aliphatic rings. The predicted octanol–water partition coefficient (Wildman–Crippen LogP) is 3.74. The zero-order valence-electron chi connectivity index (χ0n) is 17.2. The number of nitriles is 1. The highest BCUT2D eigenvalue weighted by Gasteiger charge is 2.29. The Balaban J connectivity index is 1.40. The standard InChI is InChI=1S/C23H22F2N6O/c24-18-2-1-3-19(25)22(18)30-23(32)31-9-8-17(13-31)29-20(21-12-27-14-28-21)10-15-4-6-16(11-26)7-5-15/h1-7,12,14,17,20,29H,8-10,13H2,(H,27,28)(H,30,32)/t17?,20-/m1/s1. The molecule has 2 atom stereocenters. The summed E-state index contributed by atoms with van der Waals surface area (Å²) in [5.74, 6) is -1.62. The van der Waals surface area contributed by atoms with Gasteiger partial charge in [0.15, 0.2) is 0 Å². The van der Waals surface area contributed by atoms with Crippen LogP contribution in [0.1, 0.15) is 29.3 Å². The van der Waals surface area contributed by atoms with Gasteiger partial charge in [0.2, 0.25) is 0 Å². The molecule has 1 unspecified atom stereocenters. The van der Waals surface area contributed by atoms with E-state index in [1.807, 2.05) is 12.1 Å². The highest BCUT2D eigenvalue weighted by Crippen LogP contribution is 2.22. The molecular formula is C23H22F2N6O. The molecule has 1 aromatic heterocycles. The summed E-state index contributed by atoms with van der Waals surface area (Å²) in [6.07, 6.45) is 4.73. The van der Waals surface area contributed by atoms with Crippen molar-refractivity contribution in [3.05, 3.63) is 83.4 Å². The lowest BCUT2D eigenvalue weighted by molar-refractivity contribution is 0.220. The number of nitrogens with one attached hydrogen (secondary N) is 3. The Morgan fingerprint density at radius 3 is 2.66 bits per heavy atom. The van der Waals surface area contributed by atoms with E-state index in [2.05, 4.69) is 26.7 Å². The number of imidazole rings is 1. The smallest absolute Gasteiger partial charge is 0.322 e. The maximum absolute atomic E-state index is 13.8. The van der Waals surface area contributed by atoms with Crippen molar-refractivity contribution in [1.29, 1.82) is 5.26 Å². The molecule has 0 radical (unpaired) electrons. The van der Waals surface area contributed by atoms with Gasteiger partial charge in [0, 0.05) is 25.3 Å². The predicted molar refractivity (Wildman–Crippen MR) is 115 cm³/mol. The number of halogens is 2. The van der Waals surface area contributed by atoms with E-state index in [1.165, 1.54) is 11.0 Å². The molecule has 1 fully saturated rings. The summed E-state index contributed by atoms with van der Waals surface area (Å²) >= 11 is 0. The van der Waals surface area contributed by atoms with Crippen LogP contribution in [0.15, 0.2) is 55.0 Å². The van der Waals surface area contributed by atoms with Gasteiger partial charge in [-0.15, -0.1) is 0 Å². The molecule has 7 nitrogen and oxygen atoms in total. The molecule has 164 valence electrons. The first kappa shape index (κ1) is 21.5. The molecule has 0 bridgehead atoms. The molecule has 3 N–H and O–H groups in total. The molecule has 0 saturated carbocycles. The number of carbonyl (C=O) groups is 1. The Morgan fingerprint density at radius 1 is 1.25 bits per heavy atom. The molecule has 9 heteroatoms. The maximum Gasteiger partial charge on any atom is 0.322 e. The fourth-order valence-electron chi connectivity index (χ4n) is 3.84. The fourth-order valence-corrected chi connectivity index (χ4v) is 3.84. The Hall–Kier alpha value is -3.77. The van der Waals surface area contributed by atoms with Crippen molar-refractivity contribution < 1.29 is 13.6 Å². The van der Waals surface area contributed by atoms with Crippen LogP contribution in [0.2, 0.25) is 0 Å². The SMILES string of the molecule is N#Cc1ccc(C[C@@H](NC2CCN(C(=O)Nc3c(F)cccc3F)C2)c2cnc[nH]2)cc1. The number of anilines is 1. The number of hydrogen-bond donors (Lipinski definition) is 3. The van der Waals surface area contributed by atoms with Gasteiger partial charge in [0.05, 0.1) is 29.7 Å². The molecule has 3 aromatic rings. The summed E-state index contributed by atoms with van der Waals surface area (Å²) in [7, 11) is 0. The molecule has 0 spiro atoms. The first-order chi connectivity index (χ1) is 15.5. The van der Waals surface area contributed by atoms with Gasteiger partial charge in [-0.3, -0.25) is 0 Å². The van der Waals surface area contributed by atoms with Crippen molar-refractivity contribution in [2.75, 3.05) is 18.4 Å². The lowest BCUT2D eigenvalue weighted by Gasteiger charge is -2.23. The van der Waals surface area contributed by atoms with Crippen LogP contribution >= 0.6 is 0 Å². The molecule has 1 aliphatic heterocycles. The number of carbonyl (C=O) groups excluding carboxylic acids is 1. The van der Waals surface area contributed by atoms with Gasteiger partial charge in [-0.2, -0.15) is 5.26 Å². The largest absolute Gasteiger partial charge is 0.347 e. The fraction of sp³-hybridized carbons (Fsp3) is 0.261. The number of para-hydroxylation sites is 1. The summed E-state index contributed by atoms with van der Waals surface area (Å²) in [6.45, 7) is 0.867.